The van der Waals surface area contributed by atoms with Gasteiger partial charge in [-0.1, -0.05) is 0 Å². The van der Waals surface area contributed by atoms with Crippen LogP contribution in [0.2, 0.25) is 0 Å². The first-order chi connectivity index (χ1) is 9.88. The van der Waals surface area contributed by atoms with Crippen molar-refractivity contribution in [3.05, 3.63) is 28.2 Å². The van der Waals surface area contributed by atoms with E-state index in [4.69, 9.17) is 9.84 Å². The number of amides is 2. The van der Waals surface area contributed by atoms with Gasteiger partial charge in [0.25, 0.3) is 0 Å². The Morgan fingerprint density at radius 2 is 2.14 bits per heavy atom. The van der Waals surface area contributed by atoms with E-state index in [1.165, 1.54) is 6.07 Å². The number of nitrogens with zero attached hydrogens (tertiary/aromatic N) is 1. The topological polar surface area (TPSA) is 78.9 Å². The predicted octanol–water partition coefficient (Wildman–Crippen LogP) is 2.79. The number of urea groups is 1. The summed E-state index contributed by atoms with van der Waals surface area (Å²) in [5, 5.41) is 11.8. The number of hydrogen-bond donors (Lipinski definition) is 2. The van der Waals surface area contributed by atoms with Crippen LogP contribution in [0.15, 0.2) is 22.7 Å². The summed E-state index contributed by atoms with van der Waals surface area (Å²) in [6.45, 7) is 4.83. The Kier molecular flexibility index (Phi) is 4.84. The van der Waals surface area contributed by atoms with Crippen LogP contribution in [0.1, 0.15) is 24.2 Å². The van der Waals surface area contributed by atoms with Crippen LogP contribution in [0.5, 0.6) is 0 Å². The molecule has 0 spiro atoms. The number of carboxylic acids is 1. The Labute approximate surface area is 131 Å². The highest BCUT2D eigenvalue weighted by molar-refractivity contribution is 9.10. The molecule has 0 aromatic heterocycles. The zero-order chi connectivity index (χ0) is 15.6. The van der Waals surface area contributed by atoms with Gasteiger partial charge < -0.3 is 20.1 Å². The second-order valence-electron chi connectivity index (χ2n) is 5.08. The Morgan fingerprint density at radius 1 is 1.43 bits per heavy atom. The molecule has 0 aliphatic carbocycles. The van der Waals surface area contributed by atoms with Crippen molar-refractivity contribution in [2.75, 3.05) is 18.5 Å². The molecule has 1 aliphatic rings. The maximum atomic E-state index is 12.3. The number of morpholine rings is 1. The van der Waals surface area contributed by atoms with Crippen molar-refractivity contribution in [3.63, 3.8) is 0 Å². The van der Waals surface area contributed by atoms with E-state index in [0.29, 0.717) is 23.3 Å². The summed E-state index contributed by atoms with van der Waals surface area (Å²) in [4.78, 5) is 25.1. The quantitative estimate of drug-likeness (QED) is 0.853. The number of carbonyl (C=O) groups excluding carboxylic acids is 1. The van der Waals surface area contributed by atoms with E-state index in [9.17, 15) is 9.59 Å². The van der Waals surface area contributed by atoms with Crippen LogP contribution >= 0.6 is 15.9 Å². The van der Waals surface area contributed by atoms with Crippen molar-refractivity contribution in [2.45, 2.75) is 26.0 Å². The third kappa shape index (κ3) is 3.74. The van der Waals surface area contributed by atoms with Gasteiger partial charge in [-0.3, -0.25) is 0 Å². The Balaban J connectivity index is 2.12. The summed E-state index contributed by atoms with van der Waals surface area (Å²) in [6.07, 6.45) is -0.00792. The minimum Gasteiger partial charge on any atom is -0.478 e. The van der Waals surface area contributed by atoms with Gasteiger partial charge in [-0.15, -0.1) is 0 Å². The largest absolute Gasteiger partial charge is 0.478 e. The van der Waals surface area contributed by atoms with Gasteiger partial charge in [0.2, 0.25) is 0 Å². The first kappa shape index (κ1) is 15.8. The second kappa shape index (κ2) is 6.44. The molecule has 1 aromatic carbocycles. The van der Waals surface area contributed by atoms with Gasteiger partial charge in [0.1, 0.15) is 0 Å². The van der Waals surface area contributed by atoms with E-state index >= 15 is 0 Å². The Bertz CT molecular complexity index is 564. The van der Waals surface area contributed by atoms with Crippen molar-refractivity contribution < 1.29 is 19.4 Å². The van der Waals surface area contributed by atoms with Gasteiger partial charge in [-0.05, 0) is 48.0 Å². The molecule has 0 bridgehead atoms. The summed E-state index contributed by atoms with van der Waals surface area (Å²) < 4.78 is 5.95. The van der Waals surface area contributed by atoms with Crippen molar-refractivity contribution in [1.82, 2.24) is 4.90 Å². The molecule has 0 saturated carbocycles. The van der Waals surface area contributed by atoms with E-state index in [0.717, 1.165) is 0 Å². The van der Waals surface area contributed by atoms with E-state index in [-0.39, 0.29) is 23.7 Å². The molecule has 0 radical (unpaired) electrons. The molecule has 1 fully saturated rings. The summed E-state index contributed by atoms with van der Waals surface area (Å²) >= 11 is 3.17. The van der Waals surface area contributed by atoms with Gasteiger partial charge >= 0.3 is 12.0 Å². The number of halogens is 1. The molecule has 1 aromatic rings. The maximum absolute atomic E-state index is 12.3. The van der Waals surface area contributed by atoms with E-state index in [1.54, 1.807) is 17.0 Å². The third-order valence-corrected chi connectivity index (χ3v) is 4.01. The van der Waals surface area contributed by atoms with Crippen LogP contribution < -0.4 is 5.32 Å². The number of nitrogens with one attached hydrogen (secondary N) is 1. The molecule has 114 valence electrons. The number of ether oxygens (including phenoxy) is 1. The first-order valence-corrected chi connectivity index (χ1v) is 7.40. The lowest BCUT2D eigenvalue weighted by Gasteiger charge is -2.36. The fraction of sp³-hybridized carbons (Fsp3) is 0.429. The first-order valence-electron chi connectivity index (χ1n) is 6.60. The summed E-state index contributed by atoms with van der Waals surface area (Å²) in [7, 11) is 0. The third-order valence-electron chi connectivity index (χ3n) is 3.32. The minimum atomic E-state index is -1.05. The van der Waals surface area contributed by atoms with Crippen molar-refractivity contribution in [3.8, 4) is 0 Å². The fourth-order valence-electron chi connectivity index (χ4n) is 2.15. The zero-order valence-corrected chi connectivity index (χ0v) is 13.4. The van der Waals surface area contributed by atoms with Crippen molar-refractivity contribution in [1.29, 1.82) is 0 Å². The number of carbonyl (C=O) groups is 2. The molecule has 2 unspecified atom stereocenters. The highest BCUT2D eigenvalue weighted by atomic mass is 79.9. The number of carboxylic acid groups (broad SMARTS) is 1. The van der Waals surface area contributed by atoms with Crippen LogP contribution in [0, 0.1) is 0 Å². The number of hydrogen-bond acceptors (Lipinski definition) is 3. The summed E-state index contributed by atoms with van der Waals surface area (Å²) in [6, 6.07) is 4.42. The molecule has 1 heterocycles. The van der Waals surface area contributed by atoms with Gasteiger partial charge in [-0.25, -0.2) is 9.59 Å². The zero-order valence-electron chi connectivity index (χ0n) is 11.8. The Hall–Kier alpha value is -1.60. The van der Waals surface area contributed by atoms with Crippen LogP contribution in [0.3, 0.4) is 0 Å². The molecular formula is C14H17BrN2O4. The van der Waals surface area contributed by atoms with Gasteiger partial charge in [0.05, 0.1) is 24.3 Å². The molecule has 2 N–H and O–H groups in total. The smallest absolute Gasteiger partial charge is 0.336 e. The van der Waals surface area contributed by atoms with Crippen LogP contribution in [-0.2, 0) is 4.74 Å². The van der Waals surface area contributed by atoms with Crippen molar-refractivity contribution in [2.24, 2.45) is 0 Å². The van der Waals surface area contributed by atoms with Gasteiger partial charge in [0.15, 0.2) is 0 Å². The molecule has 6 nitrogen and oxygen atoms in total. The number of anilines is 1. The Morgan fingerprint density at radius 3 is 2.81 bits per heavy atom. The standard InChI is InChI=1S/C14H17BrN2O4/c1-8-7-21-9(2)6-17(8)14(20)16-10-3-4-12(15)11(5-10)13(18)19/h3-5,8-9H,6-7H2,1-2H3,(H,16,20)(H,18,19). The lowest BCUT2D eigenvalue weighted by atomic mass is 10.2. The van der Waals surface area contributed by atoms with Gasteiger partial charge in [0, 0.05) is 16.7 Å². The van der Waals surface area contributed by atoms with E-state index in [1.807, 2.05) is 13.8 Å². The second-order valence-corrected chi connectivity index (χ2v) is 5.93. The molecule has 2 rings (SSSR count). The minimum absolute atomic E-state index is 0.00792. The van der Waals surface area contributed by atoms with Crippen molar-refractivity contribution >= 4 is 33.6 Å². The molecule has 7 heteroatoms. The number of aromatic carboxylic acids is 1. The van der Waals surface area contributed by atoms with E-state index < -0.39 is 5.97 Å². The molecule has 2 amide bonds. The highest BCUT2D eigenvalue weighted by Crippen LogP contribution is 2.22. The maximum Gasteiger partial charge on any atom is 0.336 e. The highest BCUT2D eigenvalue weighted by Gasteiger charge is 2.27. The predicted molar refractivity (Wildman–Crippen MR) is 81.7 cm³/mol. The van der Waals surface area contributed by atoms with Crippen LogP contribution in [0.4, 0.5) is 10.5 Å². The SMILES string of the molecule is CC1CN(C(=O)Nc2ccc(Br)c(C(=O)O)c2)C(C)CO1. The number of benzene rings is 1. The molecule has 1 aliphatic heterocycles. The average Bonchev–Trinajstić information content (AvgIpc) is 2.43. The van der Waals surface area contributed by atoms with E-state index in [2.05, 4.69) is 21.2 Å². The van der Waals surface area contributed by atoms with Crippen LogP contribution in [0.25, 0.3) is 0 Å². The van der Waals surface area contributed by atoms with Gasteiger partial charge in [-0.2, -0.15) is 0 Å². The monoisotopic (exact) mass is 356 g/mol. The molecule has 2 atom stereocenters. The summed E-state index contributed by atoms with van der Waals surface area (Å²) in [5.41, 5.74) is 0.558. The fourth-order valence-corrected chi connectivity index (χ4v) is 2.56. The molecule has 1 saturated heterocycles. The molecule has 21 heavy (non-hydrogen) atoms. The summed E-state index contributed by atoms with van der Waals surface area (Å²) in [5.74, 6) is -1.05. The normalized spacial score (nSPS) is 22.0. The lowest BCUT2D eigenvalue weighted by Crippen LogP contribution is -2.51. The lowest BCUT2D eigenvalue weighted by molar-refractivity contribution is -0.0296. The number of rotatable bonds is 2. The average molecular weight is 357 g/mol. The molecular weight excluding hydrogens is 340 g/mol. The van der Waals surface area contributed by atoms with Crippen LogP contribution in [-0.4, -0.2) is 47.3 Å².